The normalized spacial score (nSPS) is 10.7. The third-order valence-corrected chi connectivity index (χ3v) is 4.61. The lowest BCUT2D eigenvalue weighted by Gasteiger charge is -2.09. The third kappa shape index (κ3) is 6.24. The van der Waals surface area contributed by atoms with Gasteiger partial charge in [-0.05, 0) is 78.6 Å². The van der Waals surface area contributed by atoms with Crippen molar-refractivity contribution in [2.24, 2.45) is 5.10 Å². The molecular formula is C24H22FN3O3. The molecule has 0 aromatic heterocycles. The first-order chi connectivity index (χ1) is 14.9. The highest BCUT2D eigenvalue weighted by molar-refractivity contribution is 6.39. The van der Waals surface area contributed by atoms with Gasteiger partial charge in [-0.15, -0.1) is 0 Å². The Hall–Kier alpha value is -4.00. The number of carbonyl (C=O) groups is 2. The molecule has 0 bridgehead atoms. The van der Waals surface area contributed by atoms with Crippen LogP contribution in [0.15, 0.2) is 71.8 Å². The fourth-order valence-corrected chi connectivity index (χ4v) is 2.73. The molecule has 0 saturated carbocycles. The monoisotopic (exact) mass is 419 g/mol. The van der Waals surface area contributed by atoms with Crippen LogP contribution in [-0.4, -0.2) is 18.0 Å². The van der Waals surface area contributed by atoms with Crippen LogP contribution in [0.1, 0.15) is 22.3 Å². The number of nitrogens with zero attached hydrogens (tertiary/aromatic N) is 1. The summed E-state index contributed by atoms with van der Waals surface area (Å²) in [6.07, 6.45) is 1.42. The van der Waals surface area contributed by atoms with E-state index < -0.39 is 11.8 Å². The summed E-state index contributed by atoms with van der Waals surface area (Å²) in [4.78, 5) is 24.0. The molecule has 158 valence electrons. The minimum atomic E-state index is -0.868. The van der Waals surface area contributed by atoms with Gasteiger partial charge in [0, 0.05) is 5.69 Å². The topological polar surface area (TPSA) is 79.8 Å². The van der Waals surface area contributed by atoms with Crippen LogP contribution in [0.3, 0.4) is 0 Å². The maximum absolute atomic E-state index is 13.2. The zero-order chi connectivity index (χ0) is 22.2. The lowest BCUT2D eigenvalue weighted by molar-refractivity contribution is -0.136. The molecule has 0 radical (unpaired) electrons. The zero-order valence-electron chi connectivity index (χ0n) is 17.2. The molecule has 7 heteroatoms. The van der Waals surface area contributed by atoms with Crippen LogP contribution < -0.4 is 15.5 Å². The van der Waals surface area contributed by atoms with Crippen molar-refractivity contribution in [1.82, 2.24) is 5.43 Å². The van der Waals surface area contributed by atoms with Gasteiger partial charge in [0.25, 0.3) is 0 Å². The Morgan fingerprint density at radius 3 is 2.48 bits per heavy atom. The summed E-state index contributed by atoms with van der Waals surface area (Å²) in [5.41, 5.74) is 6.13. The van der Waals surface area contributed by atoms with Crippen LogP contribution in [0.4, 0.5) is 10.1 Å². The van der Waals surface area contributed by atoms with E-state index >= 15 is 0 Å². The van der Waals surface area contributed by atoms with Crippen molar-refractivity contribution in [2.45, 2.75) is 20.5 Å². The number of carbonyl (C=O) groups excluding carboxylic acids is 2. The number of anilines is 1. The molecule has 0 aliphatic carbocycles. The van der Waals surface area contributed by atoms with E-state index in [1.165, 1.54) is 18.3 Å². The van der Waals surface area contributed by atoms with Crippen molar-refractivity contribution in [3.63, 3.8) is 0 Å². The highest BCUT2D eigenvalue weighted by atomic mass is 19.1. The maximum Gasteiger partial charge on any atom is 0.329 e. The summed E-state index contributed by atoms with van der Waals surface area (Å²) in [6.45, 7) is 4.04. The van der Waals surface area contributed by atoms with Crippen LogP contribution in [-0.2, 0) is 16.2 Å². The number of hydrogen-bond donors (Lipinski definition) is 2. The van der Waals surface area contributed by atoms with E-state index in [1.54, 1.807) is 48.5 Å². The molecule has 0 aliphatic heterocycles. The van der Waals surface area contributed by atoms with Gasteiger partial charge in [-0.25, -0.2) is 9.82 Å². The average Bonchev–Trinajstić information content (AvgIpc) is 2.76. The average molecular weight is 419 g/mol. The van der Waals surface area contributed by atoms with Crippen molar-refractivity contribution in [1.29, 1.82) is 0 Å². The molecule has 0 atom stereocenters. The van der Waals surface area contributed by atoms with Crippen LogP contribution in [0.5, 0.6) is 5.75 Å². The Labute approximate surface area is 179 Å². The number of rotatable bonds is 6. The Bertz CT molecular complexity index is 1110. The number of amides is 2. The maximum atomic E-state index is 13.2. The highest BCUT2D eigenvalue weighted by Gasteiger charge is 2.14. The second-order valence-electron chi connectivity index (χ2n) is 6.89. The Balaban J connectivity index is 1.49. The van der Waals surface area contributed by atoms with Gasteiger partial charge >= 0.3 is 11.8 Å². The second kappa shape index (κ2) is 10.2. The molecule has 0 saturated heterocycles. The molecule has 3 rings (SSSR count). The molecule has 31 heavy (non-hydrogen) atoms. The Morgan fingerprint density at radius 2 is 1.74 bits per heavy atom. The molecule has 3 aromatic carbocycles. The van der Waals surface area contributed by atoms with Crippen molar-refractivity contribution in [3.05, 3.63) is 94.8 Å². The summed E-state index contributed by atoms with van der Waals surface area (Å²) < 4.78 is 18.8. The van der Waals surface area contributed by atoms with Crippen molar-refractivity contribution in [3.8, 4) is 5.75 Å². The molecule has 2 N–H and O–H groups in total. The summed E-state index contributed by atoms with van der Waals surface area (Å²) >= 11 is 0. The molecule has 0 aliphatic rings. The number of benzene rings is 3. The molecule has 0 fully saturated rings. The Kier molecular flexibility index (Phi) is 7.11. The van der Waals surface area contributed by atoms with Gasteiger partial charge in [0.15, 0.2) is 0 Å². The summed E-state index contributed by atoms with van der Waals surface area (Å²) in [6, 6.07) is 18.6. The molecule has 0 heterocycles. The quantitative estimate of drug-likeness (QED) is 0.359. The fourth-order valence-electron chi connectivity index (χ4n) is 2.73. The van der Waals surface area contributed by atoms with Crippen molar-refractivity contribution in [2.75, 3.05) is 5.32 Å². The van der Waals surface area contributed by atoms with Crippen molar-refractivity contribution < 1.29 is 18.7 Å². The number of nitrogens with one attached hydrogen (secondary N) is 2. The minimum Gasteiger partial charge on any atom is -0.489 e. The van der Waals surface area contributed by atoms with Gasteiger partial charge in [0.1, 0.15) is 18.2 Å². The first-order valence-electron chi connectivity index (χ1n) is 9.60. The first-order valence-corrected chi connectivity index (χ1v) is 9.60. The number of aryl methyl sites for hydroxylation is 1. The molecule has 6 nitrogen and oxygen atoms in total. The summed E-state index contributed by atoms with van der Waals surface area (Å²) in [7, 11) is 0. The van der Waals surface area contributed by atoms with E-state index in [9.17, 15) is 14.0 Å². The van der Waals surface area contributed by atoms with Crippen LogP contribution >= 0.6 is 0 Å². The smallest absolute Gasteiger partial charge is 0.329 e. The molecule has 0 unspecified atom stereocenters. The van der Waals surface area contributed by atoms with Crippen molar-refractivity contribution >= 4 is 23.7 Å². The highest BCUT2D eigenvalue weighted by Crippen LogP contribution is 2.17. The lowest BCUT2D eigenvalue weighted by Crippen LogP contribution is -2.32. The van der Waals surface area contributed by atoms with Gasteiger partial charge in [-0.1, -0.05) is 24.3 Å². The van der Waals surface area contributed by atoms with Crippen LogP contribution in [0.25, 0.3) is 0 Å². The molecular weight excluding hydrogens is 397 g/mol. The van der Waals surface area contributed by atoms with E-state index in [4.69, 9.17) is 4.74 Å². The predicted molar refractivity (Wildman–Crippen MR) is 117 cm³/mol. The predicted octanol–water partition coefficient (Wildman–Crippen LogP) is 4.11. The van der Waals surface area contributed by atoms with E-state index in [0.717, 1.165) is 16.7 Å². The molecule has 0 spiro atoms. The van der Waals surface area contributed by atoms with Crippen LogP contribution in [0, 0.1) is 19.7 Å². The summed E-state index contributed by atoms with van der Waals surface area (Å²) in [5.74, 6) is -1.37. The minimum absolute atomic E-state index is 0.247. The molecule has 3 aromatic rings. The van der Waals surface area contributed by atoms with Gasteiger partial charge < -0.3 is 10.1 Å². The number of hydrogen-bond acceptors (Lipinski definition) is 4. The van der Waals surface area contributed by atoms with Gasteiger partial charge in [-0.3, -0.25) is 9.59 Å². The zero-order valence-corrected chi connectivity index (χ0v) is 17.2. The van der Waals surface area contributed by atoms with Gasteiger partial charge in [0.2, 0.25) is 0 Å². The number of halogens is 1. The van der Waals surface area contributed by atoms with E-state index in [2.05, 4.69) is 15.8 Å². The lowest BCUT2D eigenvalue weighted by atomic mass is 10.1. The largest absolute Gasteiger partial charge is 0.489 e. The number of ether oxygens (including phenoxy) is 1. The van der Waals surface area contributed by atoms with E-state index in [1.807, 2.05) is 19.9 Å². The Morgan fingerprint density at radius 1 is 1.00 bits per heavy atom. The fraction of sp³-hybridized carbons (Fsp3) is 0.125. The first kappa shape index (κ1) is 21.7. The van der Waals surface area contributed by atoms with E-state index in [-0.39, 0.29) is 12.4 Å². The van der Waals surface area contributed by atoms with Gasteiger partial charge in [-0.2, -0.15) is 5.10 Å². The standard InChI is InChI=1S/C24H22FN3O3/c1-16-5-3-8-22(17(16)2)27-23(29)24(30)28-26-14-18-9-11-21(12-10-18)31-15-19-6-4-7-20(25)13-19/h3-14H,15H2,1-2H3,(H,27,29)(H,28,30)/b26-14-. The molecule has 2 amide bonds. The van der Waals surface area contributed by atoms with Crippen LogP contribution in [0.2, 0.25) is 0 Å². The SMILES string of the molecule is Cc1cccc(NC(=O)C(=O)N/N=C\c2ccc(OCc3cccc(F)c3)cc2)c1C. The van der Waals surface area contributed by atoms with E-state index in [0.29, 0.717) is 17.0 Å². The van der Waals surface area contributed by atoms with Gasteiger partial charge in [0.05, 0.1) is 6.21 Å². The summed E-state index contributed by atoms with van der Waals surface area (Å²) in [5, 5.41) is 6.38. The second-order valence-corrected chi connectivity index (χ2v) is 6.89. The number of hydrazone groups is 1. The third-order valence-electron chi connectivity index (χ3n) is 4.61.